The molecule has 2 saturated heterocycles. The lowest BCUT2D eigenvalue weighted by Crippen LogP contribution is -2.64. The van der Waals surface area contributed by atoms with Crippen LogP contribution < -0.4 is 0 Å². The largest absolute Gasteiger partial charge is 0.459 e. The van der Waals surface area contributed by atoms with E-state index in [-0.39, 0.29) is 23.6 Å². The zero-order valence-corrected chi connectivity index (χ0v) is 16.0. The van der Waals surface area contributed by atoms with Crippen LogP contribution in [0.25, 0.3) is 0 Å². The number of non-ortho nitro benzene ring substituents is 1. The van der Waals surface area contributed by atoms with Gasteiger partial charge in [0.2, 0.25) is 0 Å². The quantitative estimate of drug-likeness (QED) is 0.238. The highest BCUT2D eigenvalue weighted by molar-refractivity contribution is 8.00. The zero-order chi connectivity index (χ0) is 20.4. The predicted molar refractivity (Wildman–Crippen MR) is 108 cm³/mol. The Labute approximate surface area is 170 Å². The summed E-state index contributed by atoms with van der Waals surface area (Å²) in [7, 11) is 0. The Hall–Kier alpha value is -3.20. The number of hydrogen-bond donors (Lipinski definition) is 0. The van der Waals surface area contributed by atoms with Crippen LogP contribution in [0.3, 0.4) is 0 Å². The van der Waals surface area contributed by atoms with Crippen molar-refractivity contribution in [3.63, 3.8) is 0 Å². The highest BCUT2D eigenvalue weighted by atomic mass is 32.2. The summed E-state index contributed by atoms with van der Waals surface area (Å²) in [5.41, 5.74) is 1.56. The van der Waals surface area contributed by atoms with Gasteiger partial charge in [0.05, 0.1) is 4.92 Å². The van der Waals surface area contributed by atoms with Crippen LogP contribution in [0.2, 0.25) is 0 Å². The average molecular weight is 411 g/mol. The zero-order valence-electron chi connectivity index (χ0n) is 15.2. The van der Waals surface area contributed by atoms with Gasteiger partial charge in [-0.2, -0.15) is 0 Å². The van der Waals surface area contributed by atoms with Crippen molar-refractivity contribution < 1.29 is 19.2 Å². The van der Waals surface area contributed by atoms with E-state index in [1.807, 2.05) is 30.3 Å². The number of nitro groups is 1. The SMILES string of the molecule is O=C(OCc1ccccc1)C1CS[C@@H]2[C@H](N=Cc3ccc([N+](=O)[O-])cc3)C(=O)N12. The second kappa shape index (κ2) is 8.04. The number of rotatable bonds is 6. The molecule has 2 aliphatic heterocycles. The Morgan fingerprint density at radius 1 is 1.24 bits per heavy atom. The number of carbonyl (C=O) groups is 2. The maximum atomic E-state index is 12.5. The molecule has 0 saturated carbocycles. The van der Waals surface area contributed by atoms with Crippen molar-refractivity contribution in [2.45, 2.75) is 24.1 Å². The molecular formula is C20H17N3O5S. The van der Waals surface area contributed by atoms with E-state index in [4.69, 9.17) is 4.74 Å². The fourth-order valence-electron chi connectivity index (χ4n) is 3.23. The average Bonchev–Trinajstić information content (AvgIpc) is 3.13. The van der Waals surface area contributed by atoms with Gasteiger partial charge in [-0.15, -0.1) is 11.8 Å². The van der Waals surface area contributed by atoms with Gasteiger partial charge in [0.1, 0.15) is 18.0 Å². The summed E-state index contributed by atoms with van der Waals surface area (Å²) in [5, 5.41) is 10.5. The van der Waals surface area contributed by atoms with Gasteiger partial charge in [0, 0.05) is 24.1 Å². The van der Waals surface area contributed by atoms with Crippen LogP contribution in [-0.4, -0.2) is 51.1 Å². The van der Waals surface area contributed by atoms with Crippen molar-refractivity contribution in [1.82, 2.24) is 4.90 Å². The van der Waals surface area contributed by atoms with E-state index in [2.05, 4.69) is 4.99 Å². The molecule has 9 heteroatoms. The Balaban J connectivity index is 1.34. The molecule has 0 radical (unpaired) electrons. The van der Waals surface area contributed by atoms with Gasteiger partial charge in [-0.1, -0.05) is 30.3 Å². The van der Waals surface area contributed by atoms with E-state index in [0.717, 1.165) is 5.56 Å². The van der Waals surface area contributed by atoms with Gasteiger partial charge in [0.15, 0.2) is 6.04 Å². The van der Waals surface area contributed by atoms with E-state index in [1.54, 1.807) is 12.1 Å². The summed E-state index contributed by atoms with van der Waals surface area (Å²) in [5.74, 6) is -0.136. The first kappa shape index (κ1) is 19.1. The maximum Gasteiger partial charge on any atom is 0.330 e. The monoisotopic (exact) mass is 411 g/mol. The Kier molecular flexibility index (Phi) is 5.30. The van der Waals surface area contributed by atoms with E-state index >= 15 is 0 Å². The minimum Gasteiger partial charge on any atom is -0.459 e. The molecule has 0 spiro atoms. The molecule has 2 fully saturated rings. The van der Waals surface area contributed by atoms with E-state index < -0.39 is 23.0 Å². The molecule has 4 rings (SSSR count). The fraction of sp³-hybridized carbons (Fsp3) is 0.250. The Bertz CT molecular complexity index is 964. The van der Waals surface area contributed by atoms with Crippen LogP contribution in [0.15, 0.2) is 59.6 Å². The lowest BCUT2D eigenvalue weighted by atomic mass is 10.0. The van der Waals surface area contributed by atoms with Crippen LogP contribution in [0.4, 0.5) is 5.69 Å². The van der Waals surface area contributed by atoms with E-state index in [0.29, 0.717) is 11.3 Å². The number of aliphatic imine (C=N–C) groups is 1. The molecule has 2 aromatic rings. The highest BCUT2D eigenvalue weighted by Crippen LogP contribution is 2.41. The smallest absolute Gasteiger partial charge is 0.330 e. The molecular weight excluding hydrogens is 394 g/mol. The third kappa shape index (κ3) is 3.86. The number of esters is 1. The van der Waals surface area contributed by atoms with Crippen LogP contribution in [0.1, 0.15) is 11.1 Å². The number of nitro benzene ring substituents is 1. The summed E-state index contributed by atoms with van der Waals surface area (Å²) in [4.78, 5) is 41.0. The minimum atomic E-state index is -0.591. The molecule has 3 atom stereocenters. The topological polar surface area (TPSA) is 102 Å². The fourth-order valence-corrected chi connectivity index (χ4v) is 4.69. The number of carbonyl (C=O) groups excluding carboxylic acids is 2. The number of ether oxygens (including phenoxy) is 1. The molecule has 2 aliphatic rings. The van der Waals surface area contributed by atoms with Crippen LogP contribution in [0.5, 0.6) is 0 Å². The molecule has 1 amide bonds. The van der Waals surface area contributed by atoms with Gasteiger partial charge in [0.25, 0.3) is 11.6 Å². The number of amides is 1. The first-order chi connectivity index (χ1) is 14.0. The number of hydrogen-bond acceptors (Lipinski definition) is 7. The molecule has 2 aromatic carbocycles. The van der Waals surface area contributed by atoms with Crippen LogP contribution in [-0.2, 0) is 20.9 Å². The molecule has 0 aromatic heterocycles. The molecule has 0 bridgehead atoms. The summed E-state index contributed by atoms with van der Waals surface area (Å²) in [6.07, 6.45) is 1.53. The third-order valence-corrected chi connectivity index (χ3v) is 6.13. The first-order valence-electron chi connectivity index (χ1n) is 8.96. The number of benzene rings is 2. The van der Waals surface area contributed by atoms with Crippen molar-refractivity contribution in [2.75, 3.05) is 5.75 Å². The normalized spacial score (nSPS) is 23.0. The second-order valence-corrected chi connectivity index (χ2v) is 7.80. The number of nitrogens with zero attached hydrogens (tertiary/aromatic N) is 3. The molecule has 29 heavy (non-hydrogen) atoms. The van der Waals surface area contributed by atoms with Crippen molar-refractivity contribution in [2.24, 2.45) is 4.99 Å². The Morgan fingerprint density at radius 3 is 2.66 bits per heavy atom. The first-order valence-corrected chi connectivity index (χ1v) is 10.0. The highest BCUT2D eigenvalue weighted by Gasteiger charge is 2.57. The molecule has 0 aliphatic carbocycles. The van der Waals surface area contributed by atoms with Gasteiger partial charge >= 0.3 is 5.97 Å². The summed E-state index contributed by atoms with van der Waals surface area (Å²) >= 11 is 1.50. The number of β-lactam (4-membered cyclic amide) rings is 1. The molecule has 8 nitrogen and oxygen atoms in total. The number of fused-ring (bicyclic) bond motifs is 1. The van der Waals surface area contributed by atoms with Crippen molar-refractivity contribution in [1.29, 1.82) is 0 Å². The van der Waals surface area contributed by atoms with Crippen molar-refractivity contribution in [3.05, 3.63) is 75.8 Å². The molecule has 0 N–H and O–H groups in total. The van der Waals surface area contributed by atoms with E-state index in [1.165, 1.54) is 35.0 Å². The molecule has 1 unspecified atom stereocenters. The predicted octanol–water partition coefficient (Wildman–Crippen LogP) is 2.41. The summed E-state index contributed by atoms with van der Waals surface area (Å²) < 4.78 is 5.37. The van der Waals surface area contributed by atoms with Crippen molar-refractivity contribution in [3.8, 4) is 0 Å². The maximum absolute atomic E-state index is 12.5. The lowest BCUT2D eigenvalue weighted by molar-refractivity contribution is -0.384. The van der Waals surface area contributed by atoms with Crippen LogP contribution in [0, 0.1) is 10.1 Å². The second-order valence-electron chi connectivity index (χ2n) is 6.65. The van der Waals surface area contributed by atoms with Gasteiger partial charge in [-0.05, 0) is 23.3 Å². The molecule has 148 valence electrons. The standard InChI is InChI=1S/C20H17N3O5S/c24-18-17(21-10-13-6-8-15(9-7-13)23(26)27)19-22(18)16(12-29-19)20(25)28-11-14-4-2-1-3-5-14/h1-10,16-17,19H,11-12H2/t16?,17-,19-/m1/s1. The Morgan fingerprint density at radius 2 is 1.97 bits per heavy atom. The van der Waals surface area contributed by atoms with Gasteiger partial charge in [-0.3, -0.25) is 19.9 Å². The van der Waals surface area contributed by atoms with Crippen molar-refractivity contribution >= 4 is 35.5 Å². The molecule has 2 heterocycles. The van der Waals surface area contributed by atoms with Crippen LogP contribution >= 0.6 is 11.8 Å². The summed E-state index contributed by atoms with van der Waals surface area (Å²) in [6, 6.07) is 14.2. The minimum absolute atomic E-state index is 0.00347. The summed E-state index contributed by atoms with van der Waals surface area (Å²) in [6.45, 7) is 0.176. The number of thioether (sulfide) groups is 1. The lowest BCUT2D eigenvalue weighted by Gasteiger charge is -2.41. The van der Waals surface area contributed by atoms with Gasteiger partial charge in [-0.25, -0.2) is 4.79 Å². The van der Waals surface area contributed by atoms with E-state index in [9.17, 15) is 19.7 Å². The van der Waals surface area contributed by atoms with Gasteiger partial charge < -0.3 is 9.64 Å². The third-order valence-electron chi connectivity index (χ3n) is 4.80.